The summed E-state index contributed by atoms with van der Waals surface area (Å²) in [5.41, 5.74) is 5.97. The van der Waals surface area contributed by atoms with Crippen molar-refractivity contribution in [1.82, 2.24) is 5.43 Å². The van der Waals surface area contributed by atoms with Gasteiger partial charge in [-0.15, -0.1) is 0 Å². The summed E-state index contributed by atoms with van der Waals surface area (Å²) in [4.78, 5) is 0. The molecular weight excluding hydrogens is 260 g/mol. The van der Waals surface area contributed by atoms with E-state index in [1.807, 2.05) is 42.5 Å². The normalized spacial score (nSPS) is 17.9. The molecule has 1 heterocycles. The van der Waals surface area contributed by atoms with Gasteiger partial charge in [-0.25, -0.2) is 0 Å². The first kappa shape index (κ1) is 12.1. The van der Waals surface area contributed by atoms with Crippen molar-refractivity contribution >= 4 is 17.3 Å². The molecule has 0 aliphatic carbocycles. The number of nitrogens with zero attached hydrogens (tertiary/aromatic N) is 1. The van der Waals surface area contributed by atoms with Gasteiger partial charge in [-0.05, 0) is 23.8 Å². The molecule has 96 valence electrons. The van der Waals surface area contributed by atoms with Crippen LogP contribution in [-0.4, -0.2) is 10.8 Å². The van der Waals surface area contributed by atoms with Gasteiger partial charge in [0.05, 0.1) is 11.8 Å². The largest absolute Gasteiger partial charge is 0.508 e. The van der Waals surface area contributed by atoms with Crippen LogP contribution < -0.4 is 5.43 Å². The van der Waals surface area contributed by atoms with Crippen molar-refractivity contribution in [3.8, 4) is 5.75 Å². The molecule has 19 heavy (non-hydrogen) atoms. The molecule has 0 bridgehead atoms. The summed E-state index contributed by atoms with van der Waals surface area (Å²) in [5.74, 6) is 0.299. The fourth-order valence-corrected chi connectivity index (χ4v) is 2.35. The number of para-hydroxylation sites is 1. The summed E-state index contributed by atoms with van der Waals surface area (Å²) in [6, 6.07) is 15.0. The van der Waals surface area contributed by atoms with E-state index in [-0.39, 0.29) is 6.04 Å². The summed E-state index contributed by atoms with van der Waals surface area (Å²) >= 11 is 5.88. The van der Waals surface area contributed by atoms with Crippen LogP contribution in [0.3, 0.4) is 0 Å². The number of nitrogens with one attached hydrogen (secondary N) is 1. The molecule has 0 saturated carbocycles. The molecular formula is C15H13ClN2O. The maximum absolute atomic E-state index is 9.86. The van der Waals surface area contributed by atoms with Crippen molar-refractivity contribution in [3.63, 3.8) is 0 Å². The second kappa shape index (κ2) is 4.94. The van der Waals surface area contributed by atoms with Gasteiger partial charge in [0.25, 0.3) is 0 Å². The Balaban J connectivity index is 1.80. The van der Waals surface area contributed by atoms with Gasteiger partial charge in [0.2, 0.25) is 0 Å². The van der Waals surface area contributed by atoms with Crippen molar-refractivity contribution in [2.24, 2.45) is 5.10 Å². The Kier molecular flexibility index (Phi) is 3.13. The number of rotatable bonds is 2. The number of hydrazone groups is 1. The molecule has 0 amide bonds. The lowest BCUT2D eigenvalue weighted by atomic mass is 9.98. The highest BCUT2D eigenvalue weighted by Gasteiger charge is 2.23. The smallest absolute Gasteiger partial charge is 0.120 e. The average molecular weight is 273 g/mol. The number of halogens is 1. The first-order chi connectivity index (χ1) is 9.24. The van der Waals surface area contributed by atoms with Gasteiger partial charge in [0, 0.05) is 17.0 Å². The fraction of sp³-hybridized carbons (Fsp3) is 0.133. The molecule has 4 heteroatoms. The van der Waals surface area contributed by atoms with Crippen LogP contribution in [-0.2, 0) is 0 Å². The van der Waals surface area contributed by atoms with E-state index in [1.165, 1.54) is 0 Å². The molecule has 2 aromatic rings. The lowest BCUT2D eigenvalue weighted by Gasteiger charge is -2.11. The van der Waals surface area contributed by atoms with Crippen LogP contribution in [0.5, 0.6) is 5.75 Å². The Labute approximate surface area is 116 Å². The Morgan fingerprint density at radius 3 is 2.58 bits per heavy atom. The third-order valence-electron chi connectivity index (χ3n) is 3.24. The lowest BCUT2D eigenvalue weighted by Crippen LogP contribution is -2.09. The van der Waals surface area contributed by atoms with Crippen molar-refractivity contribution in [2.45, 2.75) is 12.5 Å². The predicted molar refractivity (Wildman–Crippen MR) is 76.6 cm³/mol. The van der Waals surface area contributed by atoms with Crippen LogP contribution in [0.15, 0.2) is 53.6 Å². The van der Waals surface area contributed by atoms with E-state index >= 15 is 0 Å². The number of phenols is 1. The standard InChI is InChI=1S/C15H13ClN2O/c16-11-7-5-10(6-8-11)13-9-14(18-17-13)12-3-1-2-4-15(12)19/h1-8,14,18-19H,9H2/t14-/m0/s1. The highest BCUT2D eigenvalue weighted by atomic mass is 35.5. The minimum Gasteiger partial charge on any atom is -0.508 e. The van der Waals surface area contributed by atoms with Crippen molar-refractivity contribution in [1.29, 1.82) is 0 Å². The van der Waals surface area contributed by atoms with Gasteiger partial charge in [-0.3, -0.25) is 0 Å². The van der Waals surface area contributed by atoms with E-state index in [2.05, 4.69) is 10.5 Å². The van der Waals surface area contributed by atoms with Crippen LogP contribution >= 0.6 is 11.6 Å². The van der Waals surface area contributed by atoms with Crippen LogP contribution in [0.1, 0.15) is 23.6 Å². The number of phenolic OH excluding ortho intramolecular Hbond substituents is 1. The number of hydrogen-bond donors (Lipinski definition) is 2. The van der Waals surface area contributed by atoms with Crippen molar-refractivity contribution in [2.75, 3.05) is 0 Å². The highest BCUT2D eigenvalue weighted by Crippen LogP contribution is 2.30. The fourth-order valence-electron chi connectivity index (χ4n) is 2.23. The Morgan fingerprint density at radius 1 is 1.11 bits per heavy atom. The molecule has 0 fully saturated rings. The molecule has 1 aliphatic rings. The minimum atomic E-state index is 0.0203. The van der Waals surface area contributed by atoms with Crippen LogP contribution in [0.2, 0.25) is 5.02 Å². The van der Waals surface area contributed by atoms with E-state index in [4.69, 9.17) is 11.6 Å². The highest BCUT2D eigenvalue weighted by molar-refractivity contribution is 6.30. The maximum atomic E-state index is 9.86. The first-order valence-electron chi connectivity index (χ1n) is 6.10. The third-order valence-corrected chi connectivity index (χ3v) is 3.49. The SMILES string of the molecule is Oc1ccccc1[C@@H]1CC(c2ccc(Cl)cc2)=NN1. The third kappa shape index (κ3) is 2.42. The zero-order chi connectivity index (χ0) is 13.2. The van der Waals surface area contributed by atoms with Gasteiger partial charge >= 0.3 is 0 Å². The van der Waals surface area contributed by atoms with Crippen LogP contribution in [0.25, 0.3) is 0 Å². The van der Waals surface area contributed by atoms with Gasteiger partial charge in [-0.2, -0.15) is 5.10 Å². The Bertz CT molecular complexity index is 622. The van der Waals surface area contributed by atoms with E-state index in [0.29, 0.717) is 10.8 Å². The molecule has 3 nitrogen and oxygen atoms in total. The average Bonchev–Trinajstić information content (AvgIpc) is 2.89. The van der Waals surface area contributed by atoms with Crippen molar-refractivity contribution < 1.29 is 5.11 Å². The molecule has 1 atom stereocenters. The quantitative estimate of drug-likeness (QED) is 0.879. The summed E-state index contributed by atoms with van der Waals surface area (Å²) in [6.07, 6.45) is 0.749. The maximum Gasteiger partial charge on any atom is 0.120 e. The molecule has 0 radical (unpaired) electrons. The minimum absolute atomic E-state index is 0.0203. The van der Waals surface area contributed by atoms with E-state index < -0.39 is 0 Å². The number of benzene rings is 2. The predicted octanol–water partition coefficient (Wildman–Crippen LogP) is 3.48. The molecule has 2 N–H and O–H groups in total. The Hall–Kier alpha value is -2.00. The van der Waals surface area contributed by atoms with E-state index in [9.17, 15) is 5.11 Å². The number of hydrogen-bond acceptors (Lipinski definition) is 3. The molecule has 0 spiro atoms. The lowest BCUT2D eigenvalue weighted by molar-refractivity contribution is 0.455. The van der Waals surface area contributed by atoms with Crippen LogP contribution in [0.4, 0.5) is 0 Å². The van der Waals surface area contributed by atoms with Gasteiger partial charge < -0.3 is 10.5 Å². The van der Waals surface area contributed by atoms with Crippen LogP contribution in [0, 0.1) is 0 Å². The molecule has 3 rings (SSSR count). The molecule has 0 saturated heterocycles. The summed E-state index contributed by atoms with van der Waals surface area (Å²) < 4.78 is 0. The van der Waals surface area contributed by atoms with Crippen molar-refractivity contribution in [3.05, 3.63) is 64.7 Å². The zero-order valence-corrected chi connectivity index (χ0v) is 10.9. The topological polar surface area (TPSA) is 44.6 Å². The summed E-state index contributed by atoms with van der Waals surface area (Å²) in [5, 5.41) is 14.9. The second-order valence-corrected chi connectivity index (χ2v) is 4.95. The summed E-state index contributed by atoms with van der Waals surface area (Å²) in [6.45, 7) is 0. The van der Waals surface area contributed by atoms with E-state index in [0.717, 1.165) is 23.3 Å². The summed E-state index contributed by atoms with van der Waals surface area (Å²) in [7, 11) is 0. The van der Waals surface area contributed by atoms with E-state index in [1.54, 1.807) is 6.07 Å². The molecule has 0 unspecified atom stereocenters. The number of aromatic hydroxyl groups is 1. The molecule has 0 aromatic heterocycles. The van der Waals surface area contributed by atoms with Gasteiger partial charge in [-0.1, -0.05) is 41.9 Å². The first-order valence-corrected chi connectivity index (χ1v) is 6.48. The Morgan fingerprint density at radius 2 is 1.84 bits per heavy atom. The zero-order valence-electron chi connectivity index (χ0n) is 10.2. The van der Waals surface area contributed by atoms with Gasteiger partial charge in [0.1, 0.15) is 5.75 Å². The molecule has 1 aliphatic heterocycles. The van der Waals surface area contributed by atoms with Gasteiger partial charge in [0.15, 0.2) is 0 Å². The second-order valence-electron chi connectivity index (χ2n) is 4.51. The molecule has 2 aromatic carbocycles. The monoisotopic (exact) mass is 272 g/mol.